The molecule has 0 saturated carbocycles. The summed E-state index contributed by atoms with van der Waals surface area (Å²) in [6.45, 7) is 1.65. The maximum atomic E-state index is 11.0. The first-order valence-electron chi connectivity index (χ1n) is 5.96. The van der Waals surface area contributed by atoms with Crippen molar-refractivity contribution in [3.63, 3.8) is 0 Å². The van der Waals surface area contributed by atoms with Gasteiger partial charge in [0, 0.05) is 22.5 Å². The molecule has 1 aromatic carbocycles. The third-order valence-corrected chi connectivity index (χ3v) is 3.48. The standard InChI is InChI=1S/C12H11BrN4O4/c1-7-4-9(13)11(5-10(7)17(20)21)16-6-8(14-15-16)2-3-12(18)19/h4-6H,2-3H2,1H3,(H,18,19). The van der Waals surface area contributed by atoms with E-state index in [1.54, 1.807) is 19.2 Å². The van der Waals surface area contributed by atoms with E-state index in [1.807, 2.05) is 0 Å². The number of carboxylic acids is 1. The fourth-order valence-electron chi connectivity index (χ4n) is 1.79. The summed E-state index contributed by atoms with van der Waals surface area (Å²) in [4.78, 5) is 21.0. The normalized spacial score (nSPS) is 10.6. The predicted molar refractivity (Wildman–Crippen MR) is 76.4 cm³/mol. The Balaban J connectivity index is 2.35. The van der Waals surface area contributed by atoms with Crippen LogP contribution in [-0.4, -0.2) is 31.0 Å². The van der Waals surface area contributed by atoms with Gasteiger partial charge in [-0.3, -0.25) is 14.9 Å². The molecule has 0 amide bonds. The number of hydrogen-bond donors (Lipinski definition) is 1. The highest BCUT2D eigenvalue weighted by atomic mass is 79.9. The third kappa shape index (κ3) is 3.43. The molecule has 0 radical (unpaired) electrons. The summed E-state index contributed by atoms with van der Waals surface area (Å²) in [5, 5.41) is 27.4. The maximum absolute atomic E-state index is 11.0. The lowest BCUT2D eigenvalue weighted by atomic mass is 10.2. The Labute approximate surface area is 127 Å². The molecule has 110 valence electrons. The first-order chi connectivity index (χ1) is 9.88. The van der Waals surface area contributed by atoms with Gasteiger partial charge in [0.05, 0.1) is 28.9 Å². The first-order valence-corrected chi connectivity index (χ1v) is 6.75. The Morgan fingerprint density at radius 2 is 2.24 bits per heavy atom. The van der Waals surface area contributed by atoms with Gasteiger partial charge in [0.25, 0.3) is 5.69 Å². The molecule has 8 nitrogen and oxygen atoms in total. The van der Waals surface area contributed by atoms with Crippen LogP contribution in [0, 0.1) is 17.0 Å². The summed E-state index contributed by atoms with van der Waals surface area (Å²) in [6.07, 6.45) is 1.76. The number of nitrogens with zero attached hydrogens (tertiary/aromatic N) is 4. The van der Waals surface area contributed by atoms with Gasteiger partial charge >= 0.3 is 5.97 Å². The van der Waals surface area contributed by atoms with Gasteiger partial charge in [0.2, 0.25) is 0 Å². The molecule has 21 heavy (non-hydrogen) atoms. The molecule has 0 unspecified atom stereocenters. The van der Waals surface area contributed by atoms with Crippen molar-refractivity contribution in [2.24, 2.45) is 0 Å². The van der Waals surface area contributed by atoms with E-state index < -0.39 is 10.9 Å². The summed E-state index contributed by atoms with van der Waals surface area (Å²) in [7, 11) is 0. The van der Waals surface area contributed by atoms with Crippen LogP contribution in [0.2, 0.25) is 0 Å². The molecule has 1 heterocycles. The van der Waals surface area contributed by atoms with Gasteiger partial charge < -0.3 is 5.11 Å². The molecule has 0 bridgehead atoms. The zero-order valence-corrected chi connectivity index (χ0v) is 12.6. The molecule has 0 aliphatic carbocycles. The number of aliphatic carboxylic acids is 1. The van der Waals surface area contributed by atoms with Crippen molar-refractivity contribution >= 4 is 27.6 Å². The number of halogens is 1. The zero-order valence-electron chi connectivity index (χ0n) is 11.0. The molecule has 0 saturated heterocycles. The van der Waals surface area contributed by atoms with E-state index in [4.69, 9.17) is 5.11 Å². The summed E-state index contributed by atoms with van der Waals surface area (Å²) in [5.74, 6) is -0.920. The summed E-state index contributed by atoms with van der Waals surface area (Å²) < 4.78 is 2.02. The van der Waals surface area contributed by atoms with Gasteiger partial charge in [-0.15, -0.1) is 5.10 Å². The van der Waals surface area contributed by atoms with E-state index in [-0.39, 0.29) is 18.5 Å². The fourth-order valence-corrected chi connectivity index (χ4v) is 2.43. The van der Waals surface area contributed by atoms with E-state index in [0.29, 0.717) is 21.4 Å². The van der Waals surface area contributed by atoms with Crippen molar-refractivity contribution in [1.82, 2.24) is 15.0 Å². The second-order valence-electron chi connectivity index (χ2n) is 4.40. The van der Waals surface area contributed by atoms with Gasteiger partial charge in [-0.1, -0.05) is 5.21 Å². The summed E-state index contributed by atoms with van der Waals surface area (Å²) in [5.41, 5.74) is 1.49. The molecule has 1 aromatic heterocycles. The van der Waals surface area contributed by atoms with Gasteiger partial charge in [-0.25, -0.2) is 4.68 Å². The number of benzene rings is 1. The van der Waals surface area contributed by atoms with E-state index in [0.717, 1.165) is 0 Å². The molecular formula is C12H11BrN4O4. The van der Waals surface area contributed by atoms with E-state index >= 15 is 0 Å². The topological polar surface area (TPSA) is 111 Å². The minimum absolute atomic E-state index is 0.0178. The largest absolute Gasteiger partial charge is 0.481 e. The summed E-state index contributed by atoms with van der Waals surface area (Å²) in [6, 6.07) is 3.03. The monoisotopic (exact) mass is 354 g/mol. The van der Waals surface area contributed by atoms with Crippen LogP contribution < -0.4 is 0 Å². The Kier molecular flexibility index (Phi) is 4.32. The molecule has 0 spiro atoms. The lowest BCUT2D eigenvalue weighted by molar-refractivity contribution is -0.385. The Hall–Kier alpha value is -2.29. The molecule has 2 rings (SSSR count). The highest BCUT2D eigenvalue weighted by Gasteiger charge is 2.16. The van der Waals surface area contributed by atoms with Crippen LogP contribution in [0.4, 0.5) is 5.69 Å². The second kappa shape index (κ2) is 6.00. The Morgan fingerprint density at radius 3 is 2.86 bits per heavy atom. The van der Waals surface area contributed by atoms with Crippen molar-refractivity contribution in [2.45, 2.75) is 19.8 Å². The average molecular weight is 355 g/mol. The molecule has 9 heteroatoms. The van der Waals surface area contributed by atoms with Crippen molar-refractivity contribution in [3.05, 3.63) is 44.2 Å². The average Bonchev–Trinajstić information content (AvgIpc) is 2.84. The minimum Gasteiger partial charge on any atom is -0.481 e. The number of carbonyl (C=O) groups is 1. The van der Waals surface area contributed by atoms with Crippen molar-refractivity contribution in [3.8, 4) is 5.69 Å². The van der Waals surface area contributed by atoms with Gasteiger partial charge in [0.15, 0.2) is 0 Å². The highest BCUT2D eigenvalue weighted by Crippen LogP contribution is 2.29. The van der Waals surface area contributed by atoms with E-state index in [2.05, 4.69) is 26.2 Å². The molecule has 0 atom stereocenters. The zero-order chi connectivity index (χ0) is 15.6. The number of rotatable bonds is 5. The number of nitro benzene ring substituents is 1. The summed E-state index contributed by atoms with van der Waals surface area (Å²) >= 11 is 3.33. The smallest absolute Gasteiger partial charge is 0.303 e. The van der Waals surface area contributed by atoms with E-state index in [9.17, 15) is 14.9 Å². The molecule has 0 fully saturated rings. The van der Waals surface area contributed by atoms with Crippen LogP contribution >= 0.6 is 15.9 Å². The molecule has 2 aromatic rings. The quantitative estimate of drug-likeness (QED) is 0.651. The SMILES string of the molecule is Cc1cc(Br)c(-n2cc(CCC(=O)O)nn2)cc1[N+](=O)[O-]. The number of hydrogen-bond acceptors (Lipinski definition) is 5. The number of carboxylic acid groups (broad SMARTS) is 1. The van der Waals surface area contributed by atoms with Gasteiger partial charge in [-0.2, -0.15) is 0 Å². The number of aromatic nitrogens is 3. The van der Waals surface area contributed by atoms with E-state index in [1.165, 1.54) is 10.7 Å². The molecule has 0 aliphatic heterocycles. The van der Waals surface area contributed by atoms with Crippen LogP contribution in [-0.2, 0) is 11.2 Å². The number of aryl methyl sites for hydroxylation is 2. The van der Waals surface area contributed by atoms with Crippen molar-refractivity contribution in [1.29, 1.82) is 0 Å². The number of nitro groups is 1. The van der Waals surface area contributed by atoms with Crippen LogP contribution in [0.3, 0.4) is 0 Å². The van der Waals surface area contributed by atoms with Crippen LogP contribution in [0.5, 0.6) is 0 Å². The maximum Gasteiger partial charge on any atom is 0.303 e. The Bertz CT molecular complexity index is 713. The van der Waals surface area contributed by atoms with Crippen LogP contribution in [0.25, 0.3) is 5.69 Å². The second-order valence-corrected chi connectivity index (χ2v) is 5.25. The minimum atomic E-state index is -0.920. The van der Waals surface area contributed by atoms with Crippen molar-refractivity contribution in [2.75, 3.05) is 0 Å². The van der Waals surface area contributed by atoms with Crippen LogP contribution in [0.1, 0.15) is 17.7 Å². The van der Waals surface area contributed by atoms with Crippen LogP contribution in [0.15, 0.2) is 22.8 Å². The molecule has 0 aliphatic rings. The highest BCUT2D eigenvalue weighted by molar-refractivity contribution is 9.10. The van der Waals surface area contributed by atoms with Crippen molar-refractivity contribution < 1.29 is 14.8 Å². The molecular weight excluding hydrogens is 344 g/mol. The van der Waals surface area contributed by atoms with Gasteiger partial charge in [-0.05, 0) is 28.9 Å². The Morgan fingerprint density at radius 1 is 1.52 bits per heavy atom. The first kappa shape index (κ1) is 15.1. The fraction of sp³-hybridized carbons (Fsp3) is 0.250. The predicted octanol–water partition coefficient (Wildman–Crippen LogP) is 2.26. The third-order valence-electron chi connectivity index (χ3n) is 2.84. The lowest BCUT2D eigenvalue weighted by Crippen LogP contribution is -2.00. The molecule has 1 N–H and O–H groups in total. The lowest BCUT2D eigenvalue weighted by Gasteiger charge is -2.05. The van der Waals surface area contributed by atoms with Gasteiger partial charge in [0.1, 0.15) is 0 Å².